The molecule has 11 aromatic rings. The van der Waals surface area contributed by atoms with Crippen molar-refractivity contribution in [3.63, 3.8) is 0 Å². The van der Waals surface area contributed by atoms with Crippen LogP contribution in [0.4, 0.5) is 28.4 Å². The van der Waals surface area contributed by atoms with Crippen LogP contribution in [-0.4, -0.2) is 131 Å². The van der Waals surface area contributed by atoms with E-state index in [2.05, 4.69) is 203 Å². The van der Waals surface area contributed by atoms with Crippen LogP contribution in [0, 0.1) is 0 Å². The maximum Gasteiger partial charge on any atom is 0.0367 e. The second kappa shape index (κ2) is 20.1. The molecular weight excluding hydrogens is 981 g/mol. The topological polar surface area (TPSA) is 76.4 Å². The molecule has 10 nitrogen and oxygen atoms in total. The maximum absolute atomic E-state index is 3.56. The molecule has 0 aromatic heterocycles. The Morgan fingerprint density at radius 1 is 0.200 bits per heavy atom. The molecule has 5 aliphatic heterocycles. The average Bonchev–Trinajstić information content (AvgIpc) is 3.07. The smallest absolute Gasteiger partial charge is 0.0367 e. The van der Waals surface area contributed by atoms with Gasteiger partial charge in [0, 0.05) is 159 Å². The van der Waals surface area contributed by atoms with Crippen molar-refractivity contribution >= 4 is 82.3 Å². The lowest BCUT2D eigenvalue weighted by Gasteiger charge is -2.29. The van der Waals surface area contributed by atoms with Gasteiger partial charge in [-0.15, -0.1) is 0 Å². The van der Waals surface area contributed by atoms with Gasteiger partial charge in [0.2, 0.25) is 0 Å². The first-order valence-corrected chi connectivity index (χ1v) is 29.8. The van der Waals surface area contributed by atoms with E-state index in [0.717, 1.165) is 131 Å². The van der Waals surface area contributed by atoms with Gasteiger partial charge in [-0.3, -0.25) is 0 Å². The third kappa shape index (κ3) is 8.25. The van der Waals surface area contributed by atoms with Crippen molar-refractivity contribution in [1.82, 2.24) is 26.6 Å². The molecule has 5 N–H and O–H groups in total. The number of rotatable bonds is 10. The first-order chi connectivity index (χ1) is 39.7. The quantitative estimate of drug-likeness (QED) is 0.0855. The van der Waals surface area contributed by atoms with Gasteiger partial charge in [-0.2, -0.15) is 0 Å². The van der Waals surface area contributed by atoms with E-state index in [4.69, 9.17) is 0 Å². The van der Waals surface area contributed by atoms with Gasteiger partial charge >= 0.3 is 0 Å². The highest BCUT2D eigenvalue weighted by Gasteiger charge is 2.30. The highest BCUT2D eigenvalue weighted by molar-refractivity contribution is 6.49. The van der Waals surface area contributed by atoms with E-state index in [1.54, 1.807) is 0 Å². The number of nitrogens with zero attached hydrogens (tertiary/aromatic N) is 5. The summed E-state index contributed by atoms with van der Waals surface area (Å²) in [7, 11) is 0. The number of benzene rings is 10. The number of anilines is 5. The molecular formula is C70H70N10. The van der Waals surface area contributed by atoms with Crippen molar-refractivity contribution in [2.24, 2.45) is 0 Å². The van der Waals surface area contributed by atoms with E-state index in [1.807, 2.05) is 0 Å². The standard InChI is InChI=1S/C70H70N10/c1-11-51(76-31-21-71-22-32-76)12-2-46(1)56-41-62-58(48-5-15-53(16-6-48)78-35-25-73-26-36-78)43-64-60(50-9-19-55(20-10-50)80-39-29-75-30-40-80)45-65-59(49-7-17-54(18-8-49)79-37-27-74-28-38-79)44-63-57(42-61(56)66-67(62)69(64)70(65)68(63)66)47-3-13-52(14-4-47)77-33-23-72-24-34-77/h1-20,41-45,71-75H,21-40H2. The Balaban J connectivity index is 0.990. The Morgan fingerprint density at radius 2 is 0.350 bits per heavy atom. The van der Waals surface area contributed by atoms with Crippen LogP contribution < -0.4 is 51.1 Å². The maximum atomic E-state index is 3.56. The van der Waals surface area contributed by atoms with Gasteiger partial charge in [-0.1, -0.05) is 60.7 Å². The van der Waals surface area contributed by atoms with Crippen molar-refractivity contribution in [2.75, 3.05) is 155 Å². The van der Waals surface area contributed by atoms with Gasteiger partial charge in [0.1, 0.15) is 0 Å². The summed E-state index contributed by atoms with van der Waals surface area (Å²) in [5.41, 5.74) is 19.2. The summed E-state index contributed by atoms with van der Waals surface area (Å²) in [6, 6.07) is 60.7. The molecule has 5 fully saturated rings. The summed E-state index contributed by atoms with van der Waals surface area (Å²) < 4.78 is 0. The molecule has 0 saturated carbocycles. The molecule has 0 bridgehead atoms. The number of nitrogens with one attached hydrogen (secondary N) is 5. The van der Waals surface area contributed by atoms with Crippen LogP contribution in [0.2, 0.25) is 0 Å². The van der Waals surface area contributed by atoms with E-state index in [9.17, 15) is 0 Å². The lowest BCUT2D eigenvalue weighted by molar-refractivity contribution is 0.589. The third-order valence-electron chi connectivity index (χ3n) is 18.8. The summed E-state index contributed by atoms with van der Waals surface area (Å²) in [6.45, 7) is 20.3. The molecule has 0 radical (unpaired) electrons. The lowest BCUT2D eigenvalue weighted by atomic mass is 9.86. The van der Waals surface area contributed by atoms with E-state index >= 15 is 0 Å². The molecule has 0 aliphatic carbocycles. The van der Waals surface area contributed by atoms with Crippen molar-refractivity contribution in [3.8, 4) is 55.6 Å². The minimum Gasteiger partial charge on any atom is -0.369 e. The Hall–Kier alpha value is -7.70. The fourth-order valence-electron chi connectivity index (χ4n) is 14.6. The Bertz CT molecular complexity index is 3340. The van der Waals surface area contributed by atoms with Gasteiger partial charge in [-0.05, 0) is 200 Å². The van der Waals surface area contributed by atoms with E-state index in [1.165, 1.54) is 138 Å². The largest absolute Gasteiger partial charge is 0.369 e. The molecule has 5 saturated heterocycles. The van der Waals surface area contributed by atoms with Gasteiger partial charge in [0.05, 0.1) is 0 Å². The highest BCUT2D eigenvalue weighted by atomic mass is 15.2. The van der Waals surface area contributed by atoms with E-state index in [-0.39, 0.29) is 0 Å². The fraction of sp³-hybridized carbons (Fsp3) is 0.286. The Labute approximate surface area is 469 Å². The van der Waals surface area contributed by atoms with Gasteiger partial charge in [0.15, 0.2) is 0 Å². The predicted molar refractivity (Wildman–Crippen MR) is 340 cm³/mol. The molecule has 11 aromatic carbocycles. The molecule has 5 heterocycles. The zero-order valence-corrected chi connectivity index (χ0v) is 45.8. The predicted octanol–water partition coefficient (Wildman–Crippen LogP) is 11.1. The number of piperazine rings is 5. The molecule has 0 spiro atoms. The van der Waals surface area contributed by atoms with Crippen LogP contribution in [0.15, 0.2) is 152 Å². The summed E-state index contributed by atoms with van der Waals surface area (Å²) >= 11 is 0. The van der Waals surface area contributed by atoms with Crippen LogP contribution in [0.25, 0.3) is 109 Å². The second-order valence-electron chi connectivity index (χ2n) is 23.2. The van der Waals surface area contributed by atoms with Crippen LogP contribution in [-0.2, 0) is 0 Å². The Kier molecular flexibility index (Phi) is 12.1. The highest BCUT2D eigenvalue weighted by Crippen LogP contribution is 2.57. The second-order valence-corrected chi connectivity index (χ2v) is 23.2. The fourth-order valence-corrected chi connectivity index (χ4v) is 14.6. The molecule has 400 valence electrons. The Morgan fingerprint density at radius 3 is 0.500 bits per heavy atom. The number of hydrogen-bond acceptors (Lipinski definition) is 10. The van der Waals surface area contributed by atoms with E-state index in [0.29, 0.717) is 0 Å². The molecule has 5 aliphatic rings. The molecule has 0 unspecified atom stereocenters. The SMILES string of the molecule is c1cc(N2CCNCC2)ccc1-c1cc2c(-c3ccc(N4CCNCC4)cc3)cc3c(-c4ccc(N5CCNCC5)cc4)cc4c(-c5ccc(N6CCNCC6)cc5)cc5c(-c6ccc(N7CCNCC7)cc6)cc1c1c5c4c3c21. The van der Waals surface area contributed by atoms with Crippen LogP contribution >= 0.6 is 0 Å². The third-order valence-corrected chi connectivity index (χ3v) is 18.8. The molecule has 0 atom stereocenters. The zero-order chi connectivity index (χ0) is 52.7. The van der Waals surface area contributed by atoms with Crippen molar-refractivity contribution in [1.29, 1.82) is 0 Å². The van der Waals surface area contributed by atoms with Crippen molar-refractivity contribution in [3.05, 3.63) is 152 Å². The van der Waals surface area contributed by atoms with Gasteiger partial charge in [0.25, 0.3) is 0 Å². The van der Waals surface area contributed by atoms with Crippen molar-refractivity contribution in [2.45, 2.75) is 0 Å². The molecule has 10 heteroatoms. The summed E-state index contributed by atoms with van der Waals surface area (Å²) in [5, 5.41) is 31.3. The molecule has 0 amide bonds. The van der Waals surface area contributed by atoms with Crippen LogP contribution in [0.5, 0.6) is 0 Å². The van der Waals surface area contributed by atoms with Gasteiger partial charge in [-0.25, -0.2) is 0 Å². The first kappa shape index (κ1) is 48.2. The molecule has 80 heavy (non-hydrogen) atoms. The normalized spacial score (nSPS) is 17.9. The minimum atomic E-state index is 1.01. The van der Waals surface area contributed by atoms with Crippen LogP contribution in [0.1, 0.15) is 0 Å². The summed E-state index contributed by atoms with van der Waals surface area (Å²) in [6.07, 6.45) is 0. The van der Waals surface area contributed by atoms with Crippen molar-refractivity contribution < 1.29 is 0 Å². The summed E-state index contributed by atoms with van der Waals surface area (Å²) in [5.74, 6) is 0. The summed E-state index contributed by atoms with van der Waals surface area (Å²) in [4.78, 5) is 12.6. The van der Waals surface area contributed by atoms with Gasteiger partial charge < -0.3 is 51.1 Å². The zero-order valence-electron chi connectivity index (χ0n) is 45.8. The molecule has 16 rings (SSSR count). The minimum absolute atomic E-state index is 1.01. The number of hydrogen-bond donors (Lipinski definition) is 5. The lowest BCUT2D eigenvalue weighted by Crippen LogP contribution is -2.43. The van der Waals surface area contributed by atoms with E-state index < -0.39 is 0 Å². The first-order valence-electron chi connectivity index (χ1n) is 29.8. The van der Waals surface area contributed by atoms with Crippen LogP contribution in [0.3, 0.4) is 0 Å². The monoisotopic (exact) mass is 1050 g/mol. The average molecular weight is 1050 g/mol.